The lowest BCUT2D eigenvalue weighted by Gasteiger charge is -2.20. The molecule has 0 spiro atoms. The second-order valence-electron chi connectivity index (χ2n) is 5.85. The quantitative estimate of drug-likeness (QED) is 0.804. The van der Waals surface area contributed by atoms with Gasteiger partial charge in [-0.15, -0.1) is 0 Å². The lowest BCUT2D eigenvalue weighted by Crippen LogP contribution is -2.19. The fourth-order valence-corrected chi connectivity index (χ4v) is 3.28. The summed E-state index contributed by atoms with van der Waals surface area (Å²) in [5.41, 5.74) is 3.94. The molecule has 1 heteroatoms. The van der Waals surface area contributed by atoms with E-state index >= 15 is 0 Å². The summed E-state index contributed by atoms with van der Waals surface area (Å²) in [5.74, 6) is 0. The summed E-state index contributed by atoms with van der Waals surface area (Å²) in [6.07, 6.45) is 5.00. The smallest absolute Gasteiger partial charge is 0.0696 e. The van der Waals surface area contributed by atoms with Gasteiger partial charge in [0.1, 0.15) is 0 Å². The zero-order chi connectivity index (χ0) is 13.8. The fourth-order valence-electron chi connectivity index (χ4n) is 3.28. The third-order valence-electron chi connectivity index (χ3n) is 4.38. The Balaban J connectivity index is 1.63. The summed E-state index contributed by atoms with van der Waals surface area (Å²) in [7, 11) is 0. The lowest BCUT2D eigenvalue weighted by molar-refractivity contribution is 0.373. The highest BCUT2D eigenvalue weighted by Crippen LogP contribution is 2.40. The molecule has 0 aliphatic heterocycles. The van der Waals surface area contributed by atoms with Crippen molar-refractivity contribution in [2.45, 2.75) is 32.1 Å². The Labute approximate surface area is 120 Å². The van der Waals surface area contributed by atoms with E-state index in [9.17, 15) is 5.26 Å². The van der Waals surface area contributed by atoms with Crippen molar-refractivity contribution in [3.8, 4) is 6.07 Å². The topological polar surface area (TPSA) is 23.8 Å². The Morgan fingerprint density at radius 2 is 1.50 bits per heavy atom. The number of aryl methyl sites for hydroxylation is 1. The summed E-state index contributed by atoms with van der Waals surface area (Å²) in [4.78, 5) is 0. The van der Waals surface area contributed by atoms with E-state index in [1.807, 2.05) is 6.07 Å². The van der Waals surface area contributed by atoms with Gasteiger partial charge in [0.05, 0.1) is 11.5 Å². The maximum absolute atomic E-state index is 9.64. The van der Waals surface area contributed by atoms with Gasteiger partial charge < -0.3 is 0 Å². The second kappa shape index (κ2) is 5.51. The summed E-state index contributed by atoms with van der Waals surface area (Å²) >= 11 is 0. The minimum atomic E-state index is -0.168. The molecule has 0 bridgehead atoms. The Morgan fingerprint density at radius 3 is 2.10 bits per heavy atom. The second-order valence-corrected chi connectivity index (χ2v) is 5.85. The number of fused-ring (bicyclic) bond motifs is 1. The van der Waals surface area contributed by atoms with Crippen molar-refractivity contribution in [3.05, 3.63) is 71.3 Å². The van der Waals surface area contributed by atoms with E-state index < -0.39 is 0 Å². The van der Waals surface area contributed by atoms with Gasteiger partial charge in [0.25, 0.3) is 0 Å². The van der Waals surface area contributed by atoms with Crippen molar-refractivity contribution in [1.82, 2.24) is 0 Å². The maximum Gasteiger partial charge on any atom is 0.0696 e. The van der Waals surface area contributed by atoms with E-state index in [0.29, 0.717) is 0 Å². The first-order valence-corrected chi connectivity index (χ1v) is 7.33. The zero-order valence-electron chi connectivity index (χ0n) is 11.7. The number of benzene rings is 2. The van der Waals surface area contributed by atoms with Crippen molar-refractivity contribution < 1.29 is 0 Å². The average molecular weight is 261 g/mol. The molecule has 0 radical (unpaired) electrons. The minimum Gasteiger partial charge on any atom is -0.198 e. The van der Waals surface area contributed by atoms with Crippen LogP contribution in [0.1, 0.15) is 29.5 Å². The fraction of sp³-hybridized carbons (Fsp3) is 0.316. The van der Waals surface area contributed by atoms with Crippen molar-refractivity contribution >= 4 is 0 Å². The molecule has 1 aliphatic carbocycles. The molecule has 20 heavy (non-hydrogen) atoms. The van der Waals surface area contributed by atoms with Crippen LogP contribution >= 0.6 is 0 Å². The molecule has 1 nitrogen and oxygen atoms in total. The highest BCUT2D eigenvalue weighted by molar-refractivity contribution is 5.37. The Bertz CT molecular complexity index is 597. The van der Waals surface area contributed by atoms with E-state index in [-0.39, 0.29) is 5.41 Å². The molecule has 0 saturated heterocycles. The van der Waals surface area contributed by atoms with E-state index in [1.165, 1.54) is 16.7 Å². The van der Waals surface area contributed by atoms with E-state index in [2.05, 4.69) is 54.6 Å². The highest BCUT2D eigenvalue weighted by Gasteiger charge is 2.36. The number of hydrogen-bond acceptors (Lipinski definition) is 1. The molecule has 0 amide bonds. The van der Waals surface area contributed by atoms with E-state index in [1.54, 1.807) is 0 Å². The third-order valence-corrected chi connectivity index (χ3v) is 4.38. The molecule has 100 valence electrons. The van der Waals surface area contributed by atoms with Crippen LogP contribution in [0.3, 0.4) is 0 Å². The van der Waals surface area contributed by atoms with Gasteiger partial charge in [-0.05, 0) is 48.8 Å². The molecular formula is C19H19N. The van der Waals surface area contributed by atoms with Crippen LogP contribution in [0.5, 0.6) is 0 Å². The molecule has 0 saturated carbocycles. The minimum absolute atomic E-state index is 0.168. The largest absolute Gasteiger partial charge is 0.198 e. The van der Waals surface area contributed by atoms with Crippen molar-refractivity contribution in [1.29, 1.82) is 5.26 Å². The number of hydrogen-bond donors (Lipinski definition) is 0. The first-order chi connectivity index (χ1) is 9.81. The Morgan fingerprint density at radius 1 is 0.900 bits per heavy atom. The summed E-state index contributed by atoms with van der Waals surface area (Å²) in [6.45, 7) is 0. The molecule has 0 N–H and O–H groups in total. The van der Waals surface area contributed by atoms with Gasteiger partial charge in [-0.3, -0.25) is 0 Å². The van der Waals surface area contributed by atoms with Crippen molar-refractivity contribution in [2.75, 3.05) is 0 Å². The van der Waals surface area contributed by atoms with E-state index in [0.717, 1.165) is 32.1 Å². The van der Waals surface area contributed by atoms with Crippen LogP contribution < -0.4 is 0 Å². The molecule has 0 unspecified atom stereocenters. The first kappa shape index (κ1) is 12.9. The monoisotopic (exact) mass is 261 g/mol. The molecule has 2 aromatic carbocycles. The van der Waals surface area contributed by atoms with Crippen LogP contribution in [0.15, 0.2) is 54.6 Å². The van der Waals surface area contributed by atoms with Crippen LogP contribution in [-0.4, -0.2) is 0 Å². The summed E-state index contributed by atoms with van der Waals surface area (Å²) < 4.78 is 0. The molecule has 0 fully saturated rings. The SMILES string of the molecule is N#CC1(CCCc2ccccc2)Cc2ccccc2C1. The average Bonchev–Trinajstić information content (AvgIpc) is 2.87. The molecule has 0 atom stereocenters. The van der Waals surface area contributed by atoms with Crippen LogP contribution in [0.25, 0.3) is 0 Å². The van der Waals surface area contributed by atoms with Gasteiger partial charge in [-0.1, -0.05) is 54.6 Å². The van der Waals surface area contributed by atoms with Crippen LogP contribution in [0.4, 0.5) is 0 Å². The lowest BCUT2D eigenvalue weighted by atomic mass is 9.81. The number of rotatable bonds is 4. The van der Waals surface area contributed by atoms with Crippen molar-refractivity contribution in [2.24, 2.45) is 5.41 Å². The molecule has 0 aromatic heterocycles. The number of nitriles is 1. The standard InChI is InChI=1S/C19H19N/c20-15-19(12-6-9-16-7-2-1-3-8-16)13-17-10-4-5-11-18(17)14-19/h1-5,7-8,10-11H,6,9,12-14H2. The Hall–Kier alpha value is -2.07. The van der Waals surface area contributed by atoms with Gasteiger partial charge in [-0.25, -0.2) is 0 Å². The predicted octanol–water partition coefficient (Wildman–Crippen LogP) is 4.32. The first-order valence-electron chi connectivity index (χ1n) is 7.33. The summed E-state index contributed by atoms with van der Waals surface area (Å²) in [5, 5.41) is 9.64. The number of nitrogens with zero attached hydrogens (tertiary/aromatic N) is 1. The molecule has 3 rings (SSSR count). The highest BCUT2D eigenvalue weighted by atomic mass is 14.4. The predicted molar refractivity (Wildman–Crippen MR) is 81.3 cm³/mol. The van der Waals surface area contributed by atoms with Gasteiger partial charge in [0.15, 0.2) is 0 Å². The van der Waals surface area contributed by atoms with Crippen molar-refractivity contribution in [3.63, 3.8) is 0 Å². The van der Waals surface area contributed by atoms with Crippen LogP contribution in [0.2, 0.25) is 0 Å². The van der Waals surface area contributed by atoms with Gasteiger partial charge in [0, 0.05) is 0 Å². The van der Waals surface area contributed by atoms with Crippen LogP contribution in [0, 0.1) is 16.7 Å². The molecular weight excluding hydrogens is 242 g/mol. The zero-order valence-corrected chi connectivity index (χ0v) is 11.7. The van der Waals surface area contributed by atoms with Crippen LogP contribution in [-0.2, 0) is 19.3 Å². The van der Waals surface area contributed by atoms with E-state index in [4.69, 9.17) is 0 Å². The van der Waals surface area contributed by atoms with Gasteiger partial charge >= 0.3 is 0 Å². The normalized spacial score (nSPS) is 15.6. The molecule has 2 aromatic rings. The van der Waals surface area contributed by atoms with Gasteiger partial charge in [0.2, 0.25) is 0 Å². The van der Waals surface area contributed by atoms with Gasteiger partial charge in [-0.2, -0.15) is 5.26 Å². The molecule has 1 aliphatic rings. The third kappa shape index (κ3) is 2.60. The summed E-state index contributed by atoms with van der Waals surface area (Å²) in [6, 6.07) is 21.7. The maximum atomic E-state index is 9.64. The Kier molecular flexibility index (Phi) is 3.56. The molecule has 0 heterocycles.